The van der Waals surface area contributed by atoms with Crippen LogP contribution in [-0.2, 0) is 24.1 Å². The van der Waals surface area contributed by atoms with E-state index in [1.54, 1.807) is 0 Å². The number of ether oxygens (including phenoxy) is 2. The van der Waals surface area contributed by atoms with E-state index in [2.05, 4.69) is 18.0 Å². The summed E-state index contributed by atoms with van der Waals surface area (Å²) in [6.45, 7) is 4.94. The third kappa shape index (κ3) is 24.8. The van der Waals surface area contributed by atoms with Crippen molar-refractivity contribution in [3.05, 3.63) is 0 Å². The molecule has 6 nitrogen and oxygen atoms in total. The second kappa shape index (κ2) is 19.5. The van der Waals surface area contributed by atoms with E-state index >= 15 is 0 Å². The third-order valence-corrected chi connectivity index (χ3v) is 4.25. The molecule has 0 aromatic carbocycles. The molecule has 0 saturated heterocycles. The van der Waals surface area contributed by atoms with Crippen molar-refractivity contribution in [3.8, 4) is 0 Å². The number of rotatable bonds is 18. The second-order valence-electron chi connectivity index (χ2n) is 6.14. The monoisotopic (exact) mass is 390 g/mol. The van der Waals surface area contributed by atoms with Gasteiger partial charge in [0.2, 0.25) is 10.4 Å². The first kappa shape index (κ1) is 28.0. The van der Waals surface area contributed by atoms with Crippen LogP contribution in [0.3, 0.4) is 0 Å². The molecule has 146 valence electrons. The molecule has 0 aromatic heterocycles. The molecule has 0 aliphatic heterocycles. The van der Waals surface area contributed by atoms with Crippen molar-refractivity contribution in [1.82, 2.24) is 0 Å². The van der Waals surface area contributed by atoms with E-state index in [0.29, 0.717) is 13.2 Å². The molecule has 0 saturated carbocycles. The standard InChI is InChI=1S/C17H36O6S.Na/c1-3-4-5-6-7-8-9-10-11-12-17(2)22-15-13-21-14-16-23-24(18,19)20;/h17H,3-16H2,1-2H3,(H,18,19,20);/q;+1/p-1. The van der Waals surface area contributed by atoms with E-state index in [1.807, 2.05) is 0 Å². The second-order valence-corrected chi connectivity index (χ2v) is 7.19. The van der Waals surface area contributed by atoms with Gasteiger partial charge in [-0.3, -0.25) is 4.18 Å². The van der Waals surface area contributed by atoms with E-state index < -0.39 is 10.4 Å². The van der Waals surface area contributed by atoms with Crippen molar-refractivity contribution in [2.24, 2.45) is 0 Å². The normalized spacial score (nSPS) is 12.8. The van der Waals surface area contributed by atoms with Gasteiger partial charge in [0.1, 0.15) is 0 Å². The minimum absolute atomic E-state index is 0. The van der Waals surface area contributed by atoms with Gasteiger partial charge in [0.15, 0.2) is 0 Å². The molecule has 0 radical (unpaired) electrons. The summed E-state index contributed by atoms with van der Waals surface area (Å²) in [7, 11) is -4.61. The predicted octanol–water partition coefficient (Wildman–Crippen LogP) is 0.810. The van der Waals surface area contributed by atoms with Gasteiger partial charge >= 0.3 is 29.6 Å². The number of hydrogen-bond acceptors (Lipinski definition) is 6. The van der Waals surface area contributed by atoms with Crippen LogP contribution in [0.1, 0.15) is 78.1 Å². The zero-order valence-electron chi connectivity index (χ0n) is 16.3. The molecule has 0 bridgehead atoms. The van der Waals surface area contributed by atoms with Crippen LogP contribution < -0.4 is 29.6 Å². The topological polar surface area (TPSA) is 84.9 Å². The average molecular weight is 391 g/mol. The van der Waals surface area contributed by atoms with Crippen LogP contribution in [0.2, 0.25) is 0 Å². The van der Waals surface area contributed by atoms with Crippen LogP contribution in [0.25, 0.3) is 0 Å². The van der Waals surface area contributed by atoms with Crippen molar-refractivity contribution in [2.75, 3.05) is 26.4 Å². The quantitative estimate of drug-likeness (QED) is 0.149. The van der Waals surface area contributed by atoms with E-state index in [1.165, 1.54) is 57.8 Å². The van der Waals surface area contributed by atoms with Crippen LogP contribution in [0.5, 0.6) is 0 Å². The molecule has 1 unspecified atom stereocenters. The van der Waals surface area contributed by atoms with Crippen molar-refractivity contribution < 1.29 is 56.2 Å². The van der Waals surface area contributed by atoms with Crippen LogP contribution in [-0.4, -0.2) is 45.5 Å². The van der Waals surface area contributed by atoms with E-state index in [9.17, 15) is 13.0 Å². The fourth-order valence-corrected chi connectivity index (χ4v) is 2.70. The molecule has 0 aliphatic rings. The summed E-state index contributed by atoms with van der Waals surface area (Å²) < 4.78 is 45.3. The van der Waals surface area contributed by atoms with Gasteiger partial charge in [-0.25, -0.2) is 8.42 Å². The predicted molar refractivity (Wildman–Crippen MR) is 93.7 cm³/mol. The molecule has 0 aromatic rings. The Bertz CT molecular complexity index is 364. The molecule has 0 heterocycles. The molecule has 0 rings (SSSR count). The Morgan fingerprint density at radius 2 is 1.36 bits per heavy atom. The maximum absolute atomic E-state index is 10.2. The molecule has 8 heteroatoms. The smallest absolute Gasteiger partial charge is 0.726 e. The SMILES string of the molecule is CCCCCCCCCCCC(C)OCCOCCOS(=O)(=O)[O-].[Na+]. The van der Waals surface area contributed by atoms with Gasteiger partial charge in [-0.1, -0.05) is 64.7 Å². The van der Waals surface area contributed by atoms with E-state index in [4.69, 9.17) is 9.47 Å². The van der Waals surface area contributed by atoms with Crippen molar-refractivity contribution in [3.63, 3.8) is 0 Å². The summed E-state index contributed by atoms with van der Waals surface area (Å²) in [6.07, 6.45) is 13.1. The Kier molecular flexibility index (Phi) is 21.9. The van der Waals surface area contributed by atoms with Crippen molar-refractivity contribution in [2.45, 2.75) is 84.2 Å². The van der Waals surface area contributed by atoms with Gasteiger partial charge in [0.05, 0.1) is 32.5 Å². The van der Waals surface area contributed by atoms with Crippen LogP contribution >= 0.6 is 0 Å². The van der Waals surface area contributed by atoms with Crippen molar-refractivity contribution in [1.29, 1.82) is 0 Å². The Morgan fingerprint density at radius 3 is 1.92 bits per heavy atom. The first-order chi connectivity index (χ1) is 11.5. The maximum atomic E-state index is 10.2. The zero-order valence-corrected chi connectivity index (χ0v) is 19.2. The minimum Gasteiger partial charge on any atom is -0.726 e. The van der Waals surface area contributed by atoms with Crippen LogP contribution in [0.15, 0.2) is 0 Å². The average Bonchev–Trinajstić information content (AvgIpc) is 2.51. The molecule has 0 fully saturated rings. The van der Waals surface area contributed by atoms with E-state index in [0.717, 1.165) is 6.42 Å². The first-order valence-electron chi connectivity index (χ1n) is 9.25. The molecule has 0 spiro atoms. The van der Waals surface area contributed by atoms with Gasteiger partial charge in [0.25, 0.3) is 0 Å². The summed E-state index contributed by atoms with van der Waals surface area (Å²) in [4.78, 5) is 0. The molecule has 1 atom stereocenters. The Labute approximate surface area is 176 Å². The number of unbranched alkanes of at least 4 members (excludes halogenated alkanes) is 8. The summed E-state index contributed by atoms with van der Waals surface area (Å²) in [5.74, 6) is 0. The molecular formula is C17H35NaO6S. The summed E-state index contributed by atoms with van der Waals surface area (Å²) in [5.41, 5.74) is 0. The van der Waals surface area contributed by atoms with Crippen LogP contribution in [0, 0.1) is 0 Å². The molecule has 25 heavy (non-hydrogen) atoms. The third-order valence-electron chi connectivity index (χ3n) is 3.80. The van der Waals surface area contributed by atoms with Gasteiger partial charge in [-0.05, 0) is 13.3 Å². The Balaban J connectivity index is 0. The molecule has 0 N–H and O–H groups in total. The maximum Gasteiger partial charge on any atom is 1.00 e. The summed E-state index contributed by atoms with van der Waals surface area (Å²) in [5, 5.41) is 0. The fourth-order valence-electron chi connectivity index (χ4n) is 2.43. The Morgan fingerprint density at radius 1 is 0.840 bits per heavy atom. The minimum atomic E-state index is -4.61. The fraction of sp³-hybridized carbons (Fsp3) is 1.00. The van der Waals surface area contributed by atoms with Crippen LogP contribution in [0.4, 0.5) is 0 Å². The molecular weight excluding hydrogens is 355 g/mol. The summed E-state index contributed by atoms with van der Waals surface area (Å²) >= 11 is 0. The largest absolute Gasteiger partial charge is 1.00 e. The Hall–Kier alpha value is 0.790. The zero-order chi connectivity index (χ0) is 18.1. The summed E-state index contributed by atoms with van der Waals surface area (Å²) in [6, 6.07) is 0. The first-order valence-corrected chi connectivity index (χ1v) is 10.6. The van der Waals surface area contributed by atoms with Gasteiger partial charge in [-0.15, -0.1) is 0 Å². The number of hydrogen-bond donors (Lipinski definition) is 0. The molecule has 0 amide bonds. The van der Waals surface area contributed by atoms with Gasteiger partial charge in [-0.2, -0.15) is 0 Å². The van der Waals surface area contributed by atoms with Crippen molar-refractivity contribution >= 4 is 10.4 Å². The molecule has 0 aliphatic carbocycles. The van der Waals surface area contributed by atoms with Gasteiger partial charge in [0, 0.05) is 0 Å². The van der Waals surface area contributed by atoms with Gasteiger partial charge < -0.3 is 14.0 Å². The van der Waals surface area contributed by atoms with E-state index in [-0.39, 0.29) is 48.9 Å².